The zero-order chi connectivity index (χ0) is 18.4. The maximum absolute atomic E-state index is 12.8. The van der Waals surface area contributed by atoms with Crippen molar-refractivity contribution in [3.8, 4) is 0 Å². The summed E-state index contributed by atoms with van der Waals surface area (Å²) in [5, 5.41) is 24.8. The Kier molecular flexibility index (Phi) is 4.18. The van der Waals surface area contributed by atoms with Crippen molar-refractivity contribution in [1.82, 2.24) is 5.32 Å². The molecule has 1 heterocycles. The van der Waals surface area contributed by atoms with Gasteiger partial charge in [0, 0.05) is 16.8 Å². The van der Waals surface area contributed by atoms with Crippen LogP contribution in [0.2, 0.25) is 0 Å². The van der Waals surface area contributed by atoms with E-state index >= 15 is 0 Å². The summed E-state index contributed by atoms with van der Waals surface area (Å²) in [6.45, 7) is 5.38. The van der Waals surface area contributed by atoms with Crippen molar-refractivity contribution in [3.63, 3.8) is 0 Å². The fraction of sp³-hybridized carbons (Fsp3) is 0.444. The zero-order valence-corrected chi connectivity index (χ0v) is 14.3. The van der Waals surface area contributed by atoms with Gasteiger partial charge in [-0.1, -0.05) is 24.3 Å². The molecular weight excluding hydrogens is 326 g/mol. The topological polar surface area (TPSA) is 105 Å². The molecular formula is C18H21NO6. The summed E-state index contributed by atoms with van der Waals surface area (Å²) < 4.78 is 10.4. The second-order valence-electron chi connectivity index (χ2n) is 6.48. The molecule has 0 saturated carbocycles. The number of fused-ring (bicyclic) bond motifs is 3. The second-order valence-corrected chi connectivity index (χ2v) is 6.48. The van der Waals surface area contributed by atoms with E-state index in [1.165, 1.54) is 19.1 Å². The number of nitrogens with one attached hydrogen (secondary N) is 1. The van der Waals surface area contributed by atoms with Gasteiger partial charge in [-0.2, -0.15) is 0 Å². The normalized spacial score (nSPS) is 27.4. The van der Waals surface area contributed by atoms with Gasteiger partial charge in [0.25, 0.3) is 0 Å². The van der Waals surface area contributed by atoms with Gasteiger partial charge >= 0.3 is 5.97 Å². The molecule has 25 heavy (non-hydrogen) atoms. The van der Waals surface area contributed by atoms with Crippen LogP contribution in [0, 0.1) is 0 Å². The first-order chi connectivity index (χ1) is 11.7. The summed E-state index contributed by atoms with van der Waals surface area (Å²) in [5.74, 6) is -1.60. The van der Waals surface area contributed by atoms with Gasteiger partial charge in [-0.25, -0.2) is 4.79 Å². The minimum atomic E-state index is -2.42. The Bertz CT molecular complexity index is 771. The summed E-state index contributed by atoms with van der Waals surface area (Å²) in [6, 6.07) is 6.31. The van der Waals surface area contributed by atoms with Crippen molar-refractivity contribution in [2.45, 2.75) is 38.2 Å². The van der Waals surface area contributed by atoms with Crippen LogP contribution in [0.25, 0.3) is 0 Å². The summed E-state index contributed by atoms with van der Waals surface area (Å²) in [5.41, 5.74) is -4.19. The lowest BCUT2D eigenvalue weighted by Crippen LogP contribution is -2.56. The molecule has 7 nitrogen and oxygen atoms in total. The maximum atomic E-state index is 12.8. The maximum Gasteiger partial charge on any atom is 0.339 e. The van der Waals surface area contributed by atoms with Crippen LogP contribution in [0.1, 0.15) is 36.7 Å². The molecule has 3 rings (SSSR count). The molecule has 2 aliphatic rings. The first-order valence-electron chi connectivity index (χ1n) is 8.10. The van der Waals surface area contributed by atoms with E-state index in [4.69, 9.17) is 9.47 Å². The van der Waals surface area contributed by atoms with Crippen LogP contribution in [-0.4, -0.2) is 46.9 Å². The van der Waals surface area contributed by atoms with Gasteiger partial charge in [0.05, 0.1) is 12.7 Å². The van der Waals surface area contributed by atoms with Crippen LogP contribution < -0.4 is 5.32 Å². The summed E-state index contributed by atoms with van der Waals surface area (Å²) >= 11 is 0. The summed E-state index contributed by atoms with van der Waals surface area (Å²) in [7, 11) is 0. The molecule has 0 bridgehead atoms. The lowest BCUT2D eigenvalue weighted by molar-refractivity contribution is -0.148. The third-order valence-corrected chi connectivity index (χ3v) is 4.49. The molecule has 1 aliphatic heterocycles. The largest absolute Gasteiger partial charge is 0.460 e. The number of allylic oxidation sites excluding steroid dienone is 1. The molecule has 7 heteroatoms. The fourth-order valence-corrected chi connectivity index (χ4v) is 3.40. The minimum Gasteiger partial charge on any atom is -0.460 e. The van der Waals surface area contributed by atoms with E-state index in [9.17, 15) is 19.8 Å². The molecule has 3 N–H and O–H groups in total. The van der Waals surface area contributed by atoms with Crippen molar-refractivity contribution in [1.29, 1.82) is 0 Å². The lowest BCUT2D eigenvalue weighted by Gasteiger charge is -2.31. The van der Waals surface area contributed by atoms with Gasteiger partial charge in [0.15, 0.2) is 0 Å². The van der Waals surface area contributed by atoms with E-state index < -0.39 is 23.1 Å². The summed E-state index contributed by atoms with van der Waals surface area (Å²) in [6.07, 6.45) is -0.00649. The van der Waals surface area contributed by atoms with Crippen molar-refractivity contribution in [2.24, 2.45) is 0 Å². The number of ether oxygens (including phenoxy) is 2. The SMILES string of the molecule is CC1=C(C(=O)OCCOC(C)C)[C@]2(O)C(=O)c3ccccc3[C@]2(O)N1. The summed E-state index contributed by atoms with van der Waals surface area (Å²) in [4.78, 5) is 25.3. The number of Topliss-reactive ketones (excluding diaryl/α,β-unsaturated/α-hetero) is 1. The number of esters is 1. The van der Waals surface area contributed by atoms with Gasteiger partial charge in [-0.3, -0.25) is 4.79 Å². The predicted molar refractivity (Wildman–Crippen MR) is 87.5 cm³/mol. The number of ketones is 1. The van der Waals surface area contributed by atoms with E-state index in [1.54, 1.807) is 12.1 Å². The van der Waals surface area contributed by atoms with E-state index in [1.807, 2.05) is 13.8 Å². The highest BCUT2D eigenvalue weighted by molar-refractivity contribution is 6.16. The van der Waals surface area contributed by atoms with Crippen molar-refractivity contribution in [3.05, 3.63) is 46.7 Å². The van der Waals surface area contributed by atoms with Crippen molar-refractivity contribution < 1.29 is 29.3 Å². The predicted octanol–water partition coefficient (Wildman–Crippen LogP) is 0.604. The first-order valence-corrected chi connectivity index (χ1v) is 8.10. The molecule has 0 saturated heterocycles. The van der Waals surface area contributed by atoms with Gasteiger partial charge in [0.2, 0.25) is 17.1 Å². The highest BCUT2D eigenvalue weighted by Gasteiger charge is 2.70. The monoisotopic (exact) mass is 347 g/mol. The van der Waals surface area contributed by atoms with Crippen molar-refractivity contribution >= 4 is 11.8 Å². The Morgan fingerprint density at radius 1 is 1.24 bits per heavy atom. The van der Waals surface area contributed by atoms with Crippen LogP contribution in [-0.2, 0) is 20.0 Å². The van der Waals surface area contributed by atoms with E-state index in [2.05, 4.69) is 5.32 Å². The molecule has 1 aromatic carbocycles. The Labute approximate surface area is 145 Å². The molecule has 0 aromatic heterocycles. The average molecular weight is 347 g/mol. The molecule has 2 atom stereocenters. The number of hydrogen-bond donors (Lipinski definition) is 3. The van der Waals surface area contributed by atoms with E-state index in [-0.39, 0.29) is 41.7 Å². The molecule has 1 aromatic rings. The number of rotatable bonds is 5. The second kappa shape index (κ2) is 5.94. The van der Waals surface area contributed by atoms with Crippen LogP contribution >= 0.6 is 0 Å². The number of carbonyl (C=O) groups is 2. The standard InChI is InChI=1S/C18H21NO6/c1-10(2)24-8-9-25-16(21)14-11(3)19-18(23)13-7-5-4-6-12(13)15(20)17(14,18)22/h4-7,10,19,22-23H,8-9H2,1-3H3/t17-,18+/m0/s1. The number of aliphatic hydroxyl groups is 2. The fourth-order valence-electron chi connectivity index (χ4n) is 3.40. The van der Waals surface area contributed by atoms with Gasteiger partial charge < -0.3 is 25.0 Å². The molecule has 0 unspecified atom stereocenters. The Morgan fingerprint density at radius 2 is 1.92 bits per heavy atom. The molecule has 0 amide bonds. The molecule has 0 fully saturated rings. The van der Waals surface area contributed by atoms with Crippen LogP contribution in [0.15, 0.2) is 35.5 Å². The van der Waals surface area contributed by atoms with Crippen LogP contribution in [0.3, 0.4) is 0 Å². The Morgan fingerprint density at radius 3 is 2.60 bits per heavy atom. The first kappa shape index (κ1) is 17.6. The quantitative estimate of drug-likeness (QED) is 0.529. The van der Waals surface area contributed by atoms with Crippen molar-refractivity contribution in [2.75, 3.05) is 13.2 Å². The Hall–Kier alpha value is -2.22. The molecule has 0 spiro atoms. The van der Waals surface area contributed by atoms with Gasteiger partial charge in [-0.05, 0) is 20.8 Å². The third-order valence-electron chi connectivity index (χ3n) is 4.49. The van der Waals surface area contributed by atoms with Crippen LogP contribution in [0.5, 0.6) is 0 Å². The van der Waals surface area contributed by atoms with E-state index in [0.717, 1.165) is 0 Å². The highest BCUT2D eigenvalue weighted by Crippen LogP contribution is 2.51. The average Bonchev–Trinajstić information content (AvgIpc) is 2.86. The lowest BCUT2D eigenvalue weighted by atomic mass is 9.85. The zero-order valence-electron chi connectivity index (χ0n) is 14.3. The Balaban J connectivity index is 1.89. The van der Waals surface area contributed by atoms with E-state index in [0.29, 0.717) is 0 Å². The third kappa shape index (κ3) is 2.38. The number of benzene rings is 1. The highest BCUT2D eigenvalue weighted by atomic mass is 16.6. The minimum absolute atomic E-state index is 0.00649. The number of hydrogen-bond acceptors (Lipinski definition) is 7. The van der Waals surface area contributed by atoms with Gasteiger partial charge in [-0.15, -0.1) is 0 Å². The van der Waals surface area contributed by atoms with Crippen LogP contribution in [0.4, 0.5) is 0 Å². The van der Waals surface area contributed by atoms with Gasteiger partial charge in [0.1, 0.15) is 12.2 Å². The molecule has 1 aliphatic carbocycles. The molecule has 134 valence electrons. The number of carbonyl (C=O) groups excluding carboxylic acids is 2. The molecule has 0 radical (unpaired) electrons. The smallest absolute Gasteiger partial charge is 0.339 e.